The number of fused-ring (bicyclic) bond motifs is 1. The van der Waals surface area contributed by atoms with Crippen LogP contribution in [0.2, 0.25) is 0 Å². The van der Waals surface area contributed by atoms with E-state index in [1.165, 1.54) is 28.5 Å². The fourth-order valence-electron chi connectivity index (χ4n) is 0.974. The van der Waals surface area contributed by atoms with Gasteiger partial charge < -0.3 is 0 Å². The van der Waals surface area contributed by atoms with E-state index in [2.05, 4.69) is 14.6 Å². The van der Waals surface area contributed by atoms with E-state index in [0.717, 1.165) is 0 Å². The summed E-state index contributed by atoms with van der Waals surface area (Å²) >= 11 is 2.00. The molecule has 0 unspecified atom stereocenters. The fraction of sp³-hybridized carbons (Fsp3) is 0.125. The van der Waals surface area contributed by atoms with Crippen LogP contribution in [0.4, 0.5) is 0 Å². The zero-order chi connectivity index (χ0) is 8.55. The van der Waals surface area contributed by atoms with Crippen LogP contribution in [0.5, 0.6) is 0 Å². The number of hydrogen-bond donors (Lipinski definition) is 0. The summed E-state index contributed by atoms with van der Waals surface area (Å²) in [5, 5.41) is 1.19. The van der Waals surface area contributed by atoms with Crippen LogP contribution >= 0.6 is 11.3 Å². The molecule has 0 bridgehead atoms. The zero-order valence-corrected chi connectivity index (χ0v) is 8.89. The molecular weight excluding hydrogens is 239 g/mol. The minimum absolute atomic E-state index is 0.233. The summed E-state index contributed by atoms with van der Waals surface area (Å²) < 4.78 is 5.84. The van der Waals surface area contributed by atoms with Crippen molar-refractivity contribution in [2.75, 3.05) is 7.11 Å². The first-order valence-corrected chi connectivity index (χ1v) is 6.15. The number of methoxy groups -OCH3 is 1. The molecule has 0 fully saturated rings. The van der Waals surface area contributed by atoms with Gasteiger partial charge >= 0.3 is 79.4 Å². The third-order valence-electron chi connectivity index (χ3n) is 1.55. The van der Waals surface area contributed by atoms with Crippen molar-refractivity contribution in [3.8, 4) is 0 Å². The van der Waals surface area contributed by atoms with Crippen LogP contribution in [0.25, 0.3) is 10.1 Å². The van der Waals surface area contributed by atoms with Gasteiger partial charge in [-0.2, -0.15) is 0 Å². The van der Waals surface area contributed by atoms with Crippen LogP contribution in [-0.2, 0) is 4.74 Å². The molecular formula is C8H6O2SSe. The first kappa shape index (κ1) is 8.05. The van der Waals surface area contributed by atoms with Gasteiger partial charge in [-0.1, -0.05) is 0 Å². The molecule has 2 aromatic rings. The van der Waals surface area contributed by atoms with Crippen LogP contribution in [0.15, 0.2) is 15.9 Å². The molecule has 0 aliphatic carbocycles. The topological polar surface area (TPSA) is 26.3 Å². The number of rotatable bonds is 1. The summed E-state index contributed by atoms with van der Waals surface area (Å²) in [6.45, 7) is 0. The van der Waals surface area contributed by atoms with E-state index in [0.29, 0.717) is 19.4 Å². The third-order valence-corrected chi connectivity index (χ3v) is 4.56. The van der Waals surface area contributed by atoms with Gasteiger partial charge in [0.05, 0.1) is 0 Å². The average Bonchev–Trinajstić information content (AvgIpc) is 2.60. The van der Waals surface area contributed by atoms with Gasteiger partial charge in [0.1, 0.15) is 0 Å². The Morgan fingerprint density at radius 2 is 2.42 bits per heavy atom. The Kier molecular flexibility index (Phi) is 2.05. The van der Waals surface area contributed by atoms with Gasteiger partial charge in [0.2, 0.25) is 0 Å². The summed E-state index contributed by atoms with van der Waals surface area (Å²) in [6, 6.07) is 1.90. The van der Waals surface area contributed by atoms with E-state index in [1.54, 1.807) is 0 Å². The number of esters is 1. The summed E-state index contributed by atoms with van der Waals surface area (Å²) in [7, 11) is 1.41. The SMILES string of the molecule is COC(=O)c1cc2c[se]cc2s1. The summed E-state index contributed by atoms with van der Waals surface area (Å²) in [5.41, 5.74) is 0. The molecule has 0 saturated heterocycles. The van der Waals surface area contributed by atoms with Crippen molar-refractivity contribution < 1.29 is 9.53 Å². The molecule has 0 saturated carbocycles. The van der Waals surface area contributed by atoms with Crippen molar-refractivity contribution in [2.24, 2.45) is 0 Å². The molecule has 2 aromatic heterocycles. The predicted molar refractivity (Wildman–Crippen MR) is 50.1 cm³/mol. The molecule has 0 aliphatic heterocycles. The molecule has 4 heteroatoms. The molecule has 12 heavy (non-hydrogen) atoms. The number of hydrogen-bond acceptors (Lipinski definition) is 3. The Morgan fingerprint density at radius 3 is 3.08 bits per heavy atom. The Labute approximate surface area is 79.5 Å². The van der Waals surface area contributed by atoms with Crippen LogP contribution in [0, 0.1) is 0 Å². The van der Waals surface area contributed by atoms with Crippen molar-refractivity contribution in [3.63, 3.8) is 0 Å². The van der Waals surface area contributed by atoms with Crippen LogP contribution in [0.1, 0.15) is 9.67 Å². The maximum absolute atomic E-state index is 11.1. The van der Waals surface area contributed by atoms with Gasteiger partial charge in [-0.3, -0.25) is 0 Å². The molecule has 0 aliphatic rings. The second kappa shape index (κ2) is 3.05. The predicted octanol–water partition coefficient (Wildman–Crippen LogP) is 1.74. The minimum atomic E-state index is -0.233. The first-order chi connectivity index (χ1) is 5.81. The normalized spacial score (nSPS) is 10.4. The summed E-state index contributed by atoms with van der Waals surface area (Å²) in [4.78, 5) is 16.1. The molecule has 0 atom stereocenters. The van der Waals surface area contributed by atoms with Gasteiger partial charge in [0, 0.05) is 0 Å². The number of carbonyl (C=O) groups excluding carboxylic acids is 1. The number of ether oxygens (including phenoxy) is 1. The third kappa shape index (κ3) is 1.22. The Balaban J connectivity index is 2.51. The first-order valence-electron chi connectivity index (χ1n) is 3.35. The van der Waals surface area contributed by atoms with Crippen molar-refractivity contribution in [1.29, 1.82) is 0 Å². The Morgan fingerprint density at radius 1 is 1.58 bits per heavy atom. The summed E-state index contributed by atoms with van der Waals surface area (Å²) in [6.07, 6.45) is 0. The van der Waals surface area contributed by atoms with Crippen LogP contribution in [-0.4, -0.2) is 27.6 Å². The molecule has 0 N–H and O–H groups in total. The van der Waals surface area contributed by atoms with E-state index < -0.39 is 0 Å². The van der Waals surface area contributed by atoms with Crippen molar-refractivity contribution in [3.05, 3.63) is 20.8 Å². The standard InChI is InChI=1S/C8H6O2SSe/c1-10-8(9)6-2-5-3-12-4-7(5)11-6/h2-4H,1H3. The van der Waals surface area contributed by atoms with Gasteiger partial charge in [-0.25, -0.2) is 0 Å². The molecule has 2 nitrogen and oxygen atoms in total. The van der Waals surface area contributed by atoms with E-state index >= 15 is 0 Å². The second-order valence-electron chi connectivity index (χ2n) is 2.29. The van der Waals surface area contributed by atoms with E-state index in [4.69, 9.17) is 0 Å². The maximum atomic E-state index is 11.1. The van der Waals surface area contributed by atoms with Crippen LogP contribution in [0.3, 0.4) is 0 Å². The average molecular weight is 245 g/mol. The molecule has 0 aromatic carbocycles. The Hall–Kier alpha value is -0.571. The van der Waals surface area contributed by atoms with Crippen LogP contribution < -0.4 is 0 Å². The second-order valence-corrected chi connectivity index (χ2v) is 4.94. The van der Waals surface area contributed by atoms with Gasteiger partial charge in [0.15, 0.2) is 0 Å². The monoisotopic (exact) mass is 246 g/mol. The van der Waals surface area contributed by atoms with Crippen molar-refractivity contribution in [2.45, 2.75) is 0 Å². The number of carbonyl (C=O) groups is 1. The summed E-state index contributed by atoms with van der Waals surface area (Å²) in [5.74, 6) is -0.233. The molecule has 0 radical (unpaired) electrons. The molecule has 2 rings (SSSR count). The van der Waals surface area contributed by atoms with Crippen molar-refractivity contribution in [1.82, 2.24) is 0 Å². The molecule has 2 heterocycles. The molecule has 0 amide bonds. The van der Waals surface area contributed by atoms with E-state index in [-0.39, 0.29) is 5.97 Å². The van der Waals surface area contributed by atoms with E-state index in [1.807, 2.05) is 6.07 Å². The molecule has 0 spiro atoms. The Bertz CT molecular complexity index is 387. The zero-order valence-electron chi connectivity index (χ0n) is 6.37. The quantitative estimate of drug-likeness (QED) is 0.565. The van der Waals surface area contributed by atoms with Gasteiger partial charge in [0.25, 0.3) is 0 Å². The van der Waals surface area contributed by atoms with Gasteiger partial charge in [-0.15, -0.1) is 0 Å². The molecule has 62 valence electrons. The van der Waals surface area contributed by atoms with E-state index in [9.17, 15) is 4.79 Å². The van der Waals surface area contributed by atoms with Crippen molar-refractivity contribution >= 4 is 41.9 Å². The fourth-order valence-corrected chi connectivity index (χ4v) is 4.01. The van der Waals surface area contributed by atoms with Gasteiger partial charge in [-0.05, 0) is 0 Å². The number of thiophene rings is 1.